The number of rotatable bonds is 4. The van der Waals surface area contributed by atoms with E-state index in [9.17, 15) is 19.7 Å². The molecule has 3 aromatic rings. The number of esters is 1. The summed E-state index contributed by atoms with van der Waals surface area (Å²) in [6.07, 6.45) is 1.64. The van der Waals surface area contributed by atoms with Gasteiger partial charge in [0.15, 0.2) is 0 Å². The third-order valence-electron chi connectivity index (χ3n) is 4.64. The van der Waals surface area contributed by atoms with Crippen LogP contribution < -0.4 is 5.56 Å². The van der Waals surface area contributed by atoms with Gasteiger partial charge in [-0.1, -0.05) is 12.1 Å². The number of ether oxygens (including phenoxy) is 1. The molecule has 1 aliphatic rings. The molecule has 9 heteroatoms. The van der Waals surface area contributed by atoms with E-state index in [0.29, 0.717) is 32.8 Å². The Hall–Kier alpha value is -3.07. The lowest BCUT2D eigenvalue weighted by Gasteiger charge is -2.05. The van der Waals surface area contributed by atoms with Crippen LogP contribution in [0.3, 0.4) is 0 Å². The molecule has 0 fully saturated rings. The zero-order valence-corrected chi connectivity index (χ0v) is 15.2. The number of fused-ring (bicyclic) bond motifs is 2. The van der Waals surface area contributed by atoms with Crippen LogP contribution in [-0.2, 0) is 24.3 Å². The molecule has 0 unspecified atom stereocenters. The summed E-state index contributed by atoms with van der Waals surface area (Å²) in [7, 11) is 0. The summed E-state index contributed by atoms with van der Waals surface area (Å²) >= 11 is 1.12. The number of benzene rings is 1. The number of thiophene rings is 1. The third kappa shape index (κ3) is 2.89. The number of nitro groups is 1. The van der Waals surface area contributed by atoms with E-state index in [1.807, 2.05) is 0 Å². The van der Waals surface area contributed by atoms with E-state index in [1.54, 1.807) is 29.7 Å². The molecule has 0 bridgehead atoms. The predicted octanol–water partition coefficient (Wildman–Crippen LogP) is 2.98. The van der Waals surface area contributed by atoms with Gasteiger partial charge in [-0.25, -0.2) is 9.78 Å². The largest absolute Gasteiger partial charge is 0.456 e. The molecule has 3 heterocycles. The Morgan fingerprint density at radius 3 is 2.96 bits per heavy atom. The minimum Gasteiger partial charge on any atom is -0.456 e. The Balaban J connectivity index is 1.64. The fraction of sp³-hybridized carbons (Fsp3) is 0.278. The molecule has 0 amide bonds. The quantitative estimate of drug-likeness (QED) is 0.388. The molecule has 0 radical (unpaired) electrons. The average Bonchev–Trinajstić information content (AvgIpc) is 3.25. The van der Waals surface area contributed by atoms with Crippen molar-refractivity contribution in [1.82, 2.24) is 9.55 Å². The predicted molar refractivity (Wildman–Crippen MR) is 99.2 cm³/mol. The van der Waals surface area contributed by atoms with E-state index >= 15 is 0 Å². The molecular formula is C18H15N3O5S. The van der Waals surface area contributed by atoms with E-state index < -0.39 is 10.9 Å². The van der Waals surface area contributed by atoms with Crippen molar-refractivity contribution in [1.29, 1.82) is 0 Å². The Morgan fingerprint density at radius 1 is 1.41 bits per heavy atom. The highest BCUT2D eigenvalue weighted by Crippen LogP contribution is 2.29. The molecule has 0 N–H and O–H groups in total. The number of nitrogens with zero attached hydrogens (tertiary/aromatic N) is 3. The van der Waals surface area contributed by atoms with Crippen LogP contribution in [0.15, 0.2) is 29.1 Å². The Labute approximate surface area is 157 Å². The van der Waals surface area contributed by atoms with E-state index in [0.717, 1.165) is 30.0 Å². The monoisotopic (exact) mass is 385 g/mol. The first kappa shape index (κ1) is 17.3. The van der Waals surface area contributed by atoms with Gasteiger partial charge < -0.3 is 4.74 Å². The standard InChI is InChI=1S/C18H15N3O5S/c1-10-14-16(19-13-7-4-8-20(13)17(14)22)27-15(10)18(23)26-9-11-5-2-3-6-12(11)21(24)25/h2-3,5-6H,4,7-9H2,1H3. The first-order valence-electron chi connectivity index (χ1n) is 8.39. The van der Waals surface area contributed by atoms with E-state index in [2.05, 4.69) is 4.98 Å². The normalized spacial score (nSPS) is 12.9. The van der Waals surface area contributed by atoms with Crippen molar-refractivity contribution in [3.8, 4) is 0 Å². The highest BCUT2D eigenvalue weighted by Gasteiger charge is 2.24. The maximum atomic E-state index is 12.7. The van der Waals surface area contributed by atoms with Gasteiger partial charge in [0.2, 0.25) is 0 Å². The Bertz CT molecular complexity index is 1150. The van der Waals surface area contributed by atoms with Crippen LogP contribution in [0.2, 0.25) is 0 Å². The molecule has 0 aliphatic carbocycles. The number of aryl methyl sites for hydroxylation is 2. The van der Waals surface area contributed by atoms with Crippen LogP contribution >= 0.6 is 11.3 Å². The van der Waals surface area contributed by atoms with Crippen LogP contribution in [0.4, 0.5) is 5.69 Å². The lowest BCUT2D eigenvalue weighted by atomic mass is 10.2. The molecular weight excluding hydrogens is 370 g/mol. The lowest BCUT2D eigenvalue weighted by Crippen LogP contribution is -2.20. The first-order valence-corrected chi connectivity index (χ1v) is 9.21. The smallest absolute Gasteiger partial charge is 0.349 e. The molecule has 138 valence electrons. The van der Waals surface area contributed by atoms with Gasteiger partial charge in [-0.15, -0.1) is 11.3 Å². The zero-order chi connectivity index (χ0) is 19.1. The fourth-order valence-electron chi connectivity index (χ4n) is 3.29. The van der Waals surface area contributed by atoms with Crippen molar-refractivity contribution in [3.63, 3.8) is 0 Å². The molecule has 0 atom stereocenters. The summed E-state index contributed by atoms with van der Waals surface area (Å²) in [5.41, 5.74) is 0.628. The molecule has 27 heavy (non-hydrogen) atoms. The van der Waals surface area contributed by atoms with E-state index in [1.165, 1.54) is 6.07 Å². The highest BCUT2D eigenvalue weighted by atomic mass is 32.1. The van der Waals surface area contributed by atoms with E-state index in [-0.39, 0.29) is 17.9 Å². The number of carbonyl (C=O) groups is 1. The number of carbonyl (C=O) groups excluding carboxylic acids is 1. The summed E-state index contributed by atoms with van der Waals surface area (Å²) < 4.78 is 6.94. The van der Waals surface area contributed by atoms with Gasteiger partial charge in [0.05, 0.1) is 15.9 Å². The van der Waals surface area contributed by atoms with Crippen LogP contribution in [0.1, 0.15) is 33.0 Å². The van der Waals surface area contributed by atoms with Crippen LogP contribution in [0, 0.1) is 17.0 Å². The summed E-state index contributed by atoms with van der Waals surface area (Å²) in [5, 5.41) is 11.5. The highest BCUT2D eigenvalue weighted by molar-refractivity contribution is 7.20. The summed E-state index contributed by atoms with van der Waals surface area (Å²) in [4.78, 5) is 41.1. The second kappa shape index (κ2) is 6.58. The maximum Gasteiger partial charge on any atom is 0.349 e. The Morgan fingerprint density at radius 2 is 2.19 bits per heavy atom. The zero-order valence-electron chi connectivity index (χ0n) is 14.4. The van der Waals surface area contributed by atoms with E-state index in [4.69, 9.17) is 4.74 Å². The number of nitro benzene ring substituents is 1. The van der Waals surface area contributed by atoms with Crippen molar-refractivity contribution >= 4 is 33.2 Å². The summed E-state index contributed by atoms with van der Waals surface area (Å²) in [6.45, 7) is 2.13. The first-order chi connectivity index (χ1) is 13.0. The third-order valence-corrected chi connectivity index (χ3v) is 5.81. The van der Waals surface area contributed by atoms with Gasteiger partial charge >= 0.3 is 5.97 Å². The van der Waals surface area contributed by atoms with Crippen molar-refractivity contribution < 1.29 is 14.5 Å². The number of hydrogen-bond acceptors (Lipinski definition) is 7. The number of para-hydroxylation sites is 1. The molecule has 8 nitrogen and oxygen atoms in total. The molecule has 0 spiro atoms. The average molecular weight is 385 g/mol. The summed E-state index contributed by atoms with van der Waals surface area (Å²) in [5.74, 6) is 0.131. The van der Waals surface area contributed by atoms with Crippen molar-refractivity contribution in [2.24, 2.45) is 0 Å². The van der Waals surface area contributed by atoms with Gasteiger partial charge in [0.1, 0.15) is 22.1 Å². The fourth-order valence-corrected chi connectivity index (χ4v) is 4.37. The molecule has 0 saturated carbocycles. The molecule has 1 aromatic carbocycles. The van der Waals surface area contributed by atoms with Gasteiger partial charge in [-0.2, -0.15) is 0 Å². The number of aromatic nitrogens is 2. The minimum absolute atomic E-state index is 0.102. The maximum absolute atomic E-state index is 12.7. The Kier molecular flexibility index (Phi) is 4.23. The second-order valence-corrected chi connectivity index (χ2v) is 7.29. The van der Waals surface area contributed by atoms with Crippen molar-refractivity contribution in [2.75, 3.05) is 0 Å². The molecule has 0 saturated heterocycles. The SMILES string of the molecule is Cc1c(C(=O)OCc2ccccc2[N+](=O)[O-])sc2nc3n(c(=O)c12)CCC3. The van der Waals surface area contributed by atoms with Crippen LogP contribution in [-0.4, -0.2) is 20.4 Å². The topological polar surface area (TPSA) is 104 Å². The van der Waals surface area contributed by atoms with Gasteiger partial charge in [-0.3, -0.25) is 19.5 Å². The molecule has 2 aromatic heterocycles. The van der Waals surface area contributed by atoms with Gasteiger partial charge in [-0.05, 0) is 25.0 Å². The van der Waals surface area contributed by atoms with Gasteiger partial charge in [0.25, 0.3) is 11.2 Å². The summed E-state index contributed by atoms with van der Waals surface area (Å²) in [6, 6.07) is 6.10. The lowest BCUT2D eigenvalue weighted by molar-refractivity contribution is -0.385. The second-order valence-electron chi connectivity index (χ2n) is 6.29. The van der Waals surface area contributed by atoms with Crippen molar-refractivity contribution in [2.45, 2.75) is 32.9 Å². The minimum atomic E-state index is -0.613. The number of hydrogen-bond donors (Lipinski definition) is 0. The van der Waals surface area contributed by atoms with Crippen LogP contribution in [0.25, 0.3) is 10.2 Å². The molecule has 1 aliphatic heterocycles. The van der Waals surface area contributed by atoms with Gasteiger partial charge in [0, 0.05) is 19.0 Å². The van der Waals surface area contributed by atoms with Crippen molar-refractivity contribution in [3.05, 3.63) is 66.6 Å². The van der Waals surface area contributed by atoms with Crippen LogP contribution in [0.5, 0.6) is 0 Å². The molecule has 4 rings (SSSR count).